The van der Waals surface area contributed by atoms with Crippen LogP contribution in [-0.4, -0.2) is 47.8 Å². The number of rotatable bonds is 6. The number of carbonyl (C=O) groups is 1. The average molecular weight is 472 g/mol. The molecule has 8 nitrogen and oxygen atoms in total. The van der Waals surface area contributed by atoms with Crippen LogP contribution in [0.1, 0.15) is 18.5 Å². The predicted molar refractivity (Wildman–Crippen MR) is 136 cm³/mol. The summed E-state index contributed by atoms with van der Waals surface area (Å²) in [5, 5.41) is 7.90. The Kier molecular flexibility index (Phi) is 6.27. The van der Waals surface area contributed by atoms with Crippen LogP contribution in [0.3, 0.4) is 0 Å². The van der Waals surface area contributed by atoms with Gasteiger partial charge in [-0.15, -0.1) is 0 Å². The van der Waals surface area contributed by atoms with Gasteiger partial charge >= 0.3 is 0 Å². The van der Waals surface area contributed by atoms with Crippen molar-refractivity contribution in [2.45, 2.75) is 19.8 Å². The van der Waals surface area contributed by atoms with E-state index in [1.54, 1.807) is 14.2 Å². The van der Waals surface area contributed by atoms with Gasteiger partial charge in [-0.2, -0.15) is 9.61 Å². The zero-order valence-corrected chi connectivity index (χ0v) is 20.2. The van der Waals surface area contributed by atoms with Gasteiger partial charge in [0.15, 0.2) is 5.65 Å². The monoisotopic (exact) mass is 471 g/mol. The zero-order chi connectivity index (χ0) is 24.4. The highest BCUT2D eigenvalue weighted by Gasteiger charge is 2.27. The molecule has 0 radical (unpaired) electrons. The van der Waals surface area contributed by atoms with E-state index in [4.69, 9.17) is 14.6 Å². The molecule has 1 amide bonds. The molecule has 1 saturated heterocycles. The van der Waals surface area contributed by atoms with Crippen molar-refractivity contribution in [3.05, 3.63) is 66.4 Å². The fourth-order valence-electron chi connectivity index (χ4n) is 4.50. The fourth-order valence-corrected chi connectivity index (χ4v) is 4.50. The molecule has 5 rings (SSSR count). The van der Waals surface area contributed by atoms with Gasteiger partial charge in [-0.25, -0.2) is 4.98 Å². The van der Waals surface area contributed by atoms with Crippen molar-refractivity contribution in [1.82, 2.24) is 14.6 Å². The van der Waals surface area contributed by atoms with Gasteiger partial charge in [0.1, 0.15) is 17.3 Å². The lowest BCUT2D eigenvalue weighted by molar-refractivity contribution is -0.120. The Morgan fingerprint density at radius 1 is 0.943 bits per heavy atom. The van der Waals surface area contributed by atoms with Gasteiger partial charge in [0.2, 0.25) is 5.91 Å². The second kappa shape index (κ2) is 9.66. The zero-order valence-electron chi connectivity index (χ0n) is 20.2. The van der Waals surface area contributed by atoms with E-state index in [0.717, 1.165) is 71.5 Å². The van der Waals surface area contributed by atoms with Crippen molar-refractivity contribution >= 4 is 23.1 Å². The van der Waals surface area contributed by atoms with E-state index in [-0.39, 0.29) is 11.8 Å². The number of aromatic nitrogens is 3. The summed E-state index contributed by atoms with van der Waals surface area (Å²) in [6, 6.07) is 19.4. The first-order valence-electron chi connectivity index (χ1n) is 11.8. The Hall–Kier alpha value is -4.07. The molecule has 1 aliphatic heterocycles. The number of carbonyl (C=O) groups excluding carboxylic acids is 1. The largest absolute Gasteiger partial charge is 0.497 e. The molecule has 3 heterocycles. The summed E-state index contributed by atoms with van der Waals surface area (Å²) in [5.41, 5.74) is 4.40. The van der Waals surface area contributed by atoms with Crippen molar-refractivity contribution in [3.63, 3.8) is 0 Å². The number of hydrogen-bond acceptors (Lipinski definition) is 6. The van der Waals surface area contributed by atoms with Crippen LogP contribution in [0, 0.1) is 12.8 Å². The van der Waals surface area contributed by atoms with Crippen molar-refractivity contribution < 1.29 is 14.3 Å². The third-order valence-corrected chi connectivity index (χ3v) is 6.47. The number of piperidine rings is 1. The topological polar surface area (TPSA) is 81.0 Å². The van der Waals surface area contributed by atoms with Crippen molar-refractivity contribution in [2.75, 3.05) is 37.5 Å². The molecule has 0 unspecified atom stereocenters. The summed E-state index contributed by atoms with van der Waals surface area (Å²) in [7, 11) is 3.29. The highest BCUT2D eigenvalue weighted by atomic mass is 16.5. The fraction of sp³-hybridized carbons (Fsp3) is 0.296. The van der Waals surface area contributed by atoms with Gasteiger partial charge < -0.3 is 19.7 Å². The van der Waals surface area contributed by atoms with Crippen molar-refractivity contribution in [2.24, 2.45) is 5.92 Å². The van der Waals surface area contributed by atoms with Crippen LogP contribution in [0.15, 0.2) is 60.7 Å². The molecular formula is C27H29N5O3. The van der Waals surface area contributed by atoms with Gasteiger partial charge in [0, 0.05) is 48.1 Å². The maximum absolute atomic E-state index is 12.8. The number of hydrogen-bond donors (Lipinski definition) is 1. The highest BCUT2D eigenvalue weighted by Crippen LogP contribution is 2.28. The lowest BCUT2D eigenvalue weighted by Gasteiger charge is -2.33. The van der Waals surface area contributed by atoms with Gasteiger partial charge in [0.05, 0.1) is 19.9 Å². The number of nitrogens with zero attached hydrogens (tertiary/aromatic N) is 4. The quantitative estimate of drug-likeness (QED) is 0.444. The molecule has 8 heteroatoms. The smallest absolute Gasteiger partial charge is 0.227 e. The predicted octanol–water partition coefficient (Wildman–Crippen LogP) is 4.58. The average Bonchev–Trinajstić information content (AvgIpc) is 3.32. The maximum Gasteiger partial charge on any atom is 0.227 e. The molecule has 2 aromatic heterocycles. The summed E-state index contributed by atoms with van der Waals surface area (Å²) in [5.74, 6) is 2.61. The molecule has 1 aliphatic rings. The van der Waals surface area contributed by atoms with Crippen LogP contribution >= 0.6 is 0 Å². The molecule has 0 spiro atoms. The Bertz CT molecular complexity index is 1320. The van der Waals surface area contributed by atoms with Gasteiger partial charge in [-0.05, 0) is 68.3 Å². The summed E-state index contributed by atoms with van der Waals surface area (Å²) >= 11 is 0. The molecule has 180 valence electrons. The first-order valence-corrected chi connectivity index (χ1v) is 11.8. The van der Waals surface area contributed by atoms with E-state index in [1.807, 2.05) is 66.0 Å². The highest BCUT2D eigenvalue weighted by molar-refractivity contribution is 5.92. The second-order valence-corrected chi connectivity index (χ2v) is 8.76. The van der Waals surface area contributed by atoms with Crippen molar-refractivity contribution in [1.29, 1.82) is 0 Å². The number of ether oxygens (including phenoxy) is 2. The molecule has 1 fully saturated rings. The van der Waals surface area contributed by atoms with E-state index in [1.165, 1.54) is 0 Å². The van der Waals surface area contributed by atoms with E-state index >= 15 is 0 Å². The molecule has 0 saturated carbocycles. The Labute approximate surface area is 204 Å². The number of fused-ring (bicyclic) bond motifs is 1. The number of amides is 1. The molecule has 0 bridgehead atoms. The van der Waals surface area contributed by atoms with Crippen LogP contribution in [0.5, 0.6) is 11.5 Å². The van der Waals surface area contributed by atoms with Crippen molar-refractivity contribution in [3.8, 4) is 22.8 Å². The SMILES string of the molecule is COc1ccc(NC(=O)C2CCN(c3cc(C)nc4cc(-c5ccc(OC)cc5)nn34)CC2)cc1. The number of nitrogens with one attached hydrogen (secondary N) is 1. The van der Waals surface area contributed by atoms with E-state index in [9.17, 15) is 4.79 Å². The summed E-state index contributed by atoms with van der Waals surface area (Å²) in [4.78, 5) is 19.8. The minimum Gasteiger partial charge on any atom is -0.497 e. The summed E-state index contributed by atoms with van der Waals surface area (Å²) in [6.07, 6.45) is 1.55. The molecule has 35 heavy (non-hydrogen) atoms. The number of benzene rings is 2. The second-order valence-electron chi connectivity index (χ2n) is 8.76. The first-order chi connectivity index (χ1) is 17.0. The van der Waals surface area contributed by atoms with Crippen LogP contribution in [0.25, 0.3) is 16.9 Å². The number of anilines is 2. The lowest BCUT2D eigenvalue weighted by atomic mass is 9.95. The molecule has 0 atom stereocenters. The maximum atomic E-state index is 12.8. The van der Waals surface area contributed by atoms with E-state index < -0.39 is 0 Å². The minimum absolute atomic E-state index is 0.0285. The molecule has 0 aliphatic carbocycles. The Morgan fingerprint density at radius 2 is 1.57 bits per heavy atom. The van der Waals surface area contributed by atoms with Gasteiger partial charge in [-0.1, -0.05) is 0 Å². The minimum atomic E-state index is -0.0285. The third kappa shape index (κ3) is 4.77. The molecule has 1 N–H and O–H groups in total. The van der Waals surface area contributed by atoms with Gasteiger partial charge in [-0.3, -0.25) is 4.79 Å². The van der Waals surface area contributed by atoms with Crippen LogP contribution < -0.4 is 19.7 Å². The Balaban J connectivity index is 1.30. The number of methoxy groups -OCH3 is 2. The normalized spacial score (nSPS) is 14.2. The van der Waals surface area contributed by atoms with Crippen LogP contribution in [0.4, 0.5) is 11.5 Å². The van der Waals surface area contributed by atoms with Crippen LogP contribution in [-0.2, 0) is 4.79 Å². The lowest BCUT2D eigenvalue weighted by Crippen LogP contribution is -2.39. The standard InChI is InChI=1S/C27H29N5O3/c1-18-16-26(32-25(28-18)17-24(30-32)19-4-8-22(34-2)9-5-19)31-14-12-20(13-15-31)27(33)29-21-6-10-23(35-3)11-7-21/h4-11,16-17,20H,12-15H2,1-3H3,(H,29,33). The summed E-state index contributed by atoms with van der Waals surface area (Å²) < 4.78 is 12.4. The van der Waals surface area contributed by atoms with Crippen LogP contribution in [0.2, 0.25) is 0 Å². The number of aryl methyl sites for hydroxylation is 1. The first kappa shape index (κ1) is 22.7. The third-order valence-electron chi connectivity index (χ3n) is 6.47. The molecule has 4 aromatic rings. The summed E-state index contributed by atoms with van der Waals surface area (Å²) in [6.45, 7) is 3.55. The molecule has 2 aromatic carbocycles. The molecular weight excluding hydrogens is 442 g/mol. The van der Waals surface area contributed by atoms with E-state index in [0.29, 0.717) is 0 Å². The van der Waals surface area contributed by atoms with Gasteiger partial charge in [0.25, 0.3) is 0 Å². The van der Waals surface area contributed by atoms with E-state index in [2.05, 4.69) is 21.3 Å². The Morgan fingerprint density at radius 3 is 2.20 bits per heavy atom.